The van der Waals surface area contributed by atoms with Crippen molar-refractivity contribution in [3.8, 4) is 0 Å². The number of rotatable bonds is 4. The molecule has 0 aromatic rings. The highest BCUT2D eigenvalue weighted by Gasteiger charge is 2.21. The number of hydrogen-bond donors (Lipinski definition) is 1. The molecule has 0 bridgehead atoms. The summed E-state index contributed by atoms with van der Waals surface area (Å²) in [6.45, 7) is 0.793. The van der Waals surface area contributed by atoms with Crippen LogP contribution in [0.3, 0.4) is 0 Å². The summed E-state index contributed by atoms with van der Waals surface area (Å²) in [6.07, 6.45) is 7.42. The van der Waals surface area contributed by atoms with E-state index in [1.165, 1.54) is 12.8 Å². The lowest BCUT2D eigenvalue weighted by molar-refractivity contribution is -0.140. The van der Waals surface area contributed by atoms with E-state index < -0.39 is 0 Å². The summed E-state index contributed by atoms with van der Waals surface area (Å²) in [5, 5.41) is 0. The molecule has 2 aliphatic rings. The smallest absolute Gasteiger partial charge is 0.246 e. The van der Waals surface area contributed by atoms with Gasteiger partial charge in [0.25, 0.3) is 0 Å². The molecule has 0 spiro atoms. The van der Waals surface area contributed by atoms with Crippen LogP contribution in [-0.4, -0.2) is 24.7 Å². The van der Waals surface area contributed by atoms with E-state index in [2.05, 4.69) is 5.48 Å². The van der Waals surface area contributed by atoms with Crippen molar-refractivity contribution in [3.05, 3.63) is 0 Å². The van der Waals surface area contributed by atoms with Gasteiger partial charge in [0, 0.05) is 6.61 Å². The molecule has 1 aliphatic heterocycles. The summed E-state index contributed by atoms with van der Waals surface area (Å²) in [5.41, 5.74) is 2.53. The Labute approximate surface area is 90.3 Å². The zero-order valence-corrected chi connectivity index (χ0v) is 9.04. The topological polar surface area (TPSA) is 47.6 Å². The number of nitrogens with one attached hydrogen (secondary N) is 1. The molecule has 1 aliphatic carbocycles. The third-order valence-corrected chi connectivity index (χ3v) is 3.08. The molecule has 1 atom stereocenters. The first-order chi connectivity index (χ1) is 7.34. The summed E-state index contributed by atoms with van der Waals surface area (Å²) in [7, 11) is 0. The van der Waals surface area contributed by atoms with Crippen LogP contribution in [0.1, 0.15) is 44.9 Å². The van der Waals surface area contributed by atoms with E-state index in [4.69, 9.17) is 9.57 Å². The van der Waals surface area contributed by atoms with Gasteiger partial charge < -0.3 is 4.74 Å². The quantitative estimate of drug-likeness (QED) is 0.721. The maximum Gasteiger partial charge on any atom is 0.246 e. The maximum atomic E-state index is 11.4. The lowest BCUT2D eigenvalue weighted by atomic mass is 10.2. The Balaban J connectivity index is 1.59. The molecule has 1 saturated heterocycles. The highest BCUT2D eigenvalue weighted by atomic mass is 16.7. The average Bonchev–Trinajstić information content (AvgIpc) is 2.86. The average molecular weight is 213 g/mol. The highest BCUT2D eigenvalue weighted by molar-refractivity contribution is 5.75. The fourth-order valence-electron chi connectivity index (χ4n) is 2.21. The first-order valence-electron chi connectivity index (χ1n) is 5.90. The van der Waals surface area contributed by atoms with E-state index in [1.54, 1.807) is 0 Å². The molecule has 15 heavy (non-hydrogen) atoms. The maximum absolute atomic E-state index is 11.4. The summed E-state index contributed by atoms with van der Waals surface area (Å²) >= 11 is 0. The Bertz CT molecular complexity index is 208. The summed E-state index contributed by atoms with van der Waals surface area (Å²) in [4.78, 5) is 16.8. The van der Waals surface area contributed by atoms with E-state index in [0.717, 1.165) is 32.3 Å². The van der Waals surface area contributed by atoms with Gasteiger partial charge >= 0.3 is 0 Å². The molecule has 1 saturated carbocycles. The second-order valence-corrected chi connectivity index (χ2v) is 4.39. The van der Waals surface area contributed by atoms with Crippen LogP contribution < -0.4 is 5.48 Å². The Kier molecular flexibility index (Phi) is 3.97. The van der Waals surface area contributed by atoms with Gasteiger partial charge in [0.1, 0.15) is 0 Å². The van der Waals surface area contributed by atoms with Crippen LogP contribution in [0.5, 0.6) is 0 Å². The molecule has 2 rings (SSSR count). The van der Waals surface area contributed by atoms with E-state index in [9.17, 15) is 4.79 Å². The number of carbonyl (C=O) groups excluding carboxylic acids is 1. The van der Waals surface area contributed by atoms with Crippen molar-refractivity contribution in [1.29, 1.82) is 0 Å². The van der Waals surface area contributed by atoms with Crippen LogP contribution in [0, 0.1) is 0 Å². The molecule has 86 valence electrons. The van der Waals surface area contributed by atoms with Crippen LogP contribution >= 0.6 is 0 Å². The minimum absolute atomic E-state index is 0.0474. The van der Waals surface area contributed by atoms with Gasteiger partial charge in [-0.1, -0.05) is 12.8 Å². The van der Waals surface area contributed by atoms with Crippen LogP contribution in [0.15, 0.2) is 0 Å². The molecular formula is C11H19NO3. The van der Waals surface area contributed by atoms with Gasteiger partial charge in [-0.3, -0.25) is 9.63 Å². The zero-order chi connectivity index (χ0) is 10.5. The highest BCUT2D eigenvalue weighted by Crippen LogP contribution is 2.20. The van der Waals surface area contributed by atoms with E-state index in [0.29, 0.717) is 6.42 Å². The van der Waals surface area contributed by atoms with Crippen molar-refractivity contribution >= 4 is 5.91 Å². The first-order valence-corrected chi connectivity index (χ1v) is 5.90. The lowest BCUT2D eigenvalue weighted by Crippen LogP contribution is -2.30. The van der Waals surface area contributed by atoms with Gasteiger partial charge in [0.05, 0.1) is 18.6 Å². The largest absolute Gasteiger partial charge is 0.378 e. The minimum Gasteiger partial charge on any atom is -0.378 e. The number of carbonyl (C=O) groups is 1. The third-order valence-electron chi connectivity index (χ3n) is 3.08. The van der Waals surface area contributed by atoms with Crippen molar-refractivity contribution in [3.63, 3.8) is 0 Å². The summed E-state index contributed by atoms with van der Waals surface area (Å²) in [6, 6.07) is 0. The van der Waals surface area contributed by atoms with E-state index in [1.807, 2.05) is 0 Å². The van der Waals surface area contributed by atoms with Crippen molar-refractivity contribution in [2.75, 3.05) is 6.61 Å². The van der Waals surface area contributed by atoms with Gasteiger partial charge in [-0.15, -0.1) is 0 Å². The lowest BCUT2D eigenvalue weighted by Gasteiger charge is -2.13. The van der Waals surface area contributed by atoms with Crippen molar-refractivity contribution in [1.82, 2.24) is 5.48 Å². The molecule has 0 aromatic heterocycles. The van der Waals surface area contributed by atoms with Gasteiger partial charge in [0.2, 0.25) is 5.91 Å². The predicted molar refractivity (Wildman–Crippen MR) is 55.1 cm³/mol. The summed E-state index contributed by atoms with van der Waals surface area (Å²) in [5.74, 6) is -0.0474. The molecule has 4 nitrogen and oxygen atoms in total. The molecule has 1 unspecified atom stereocenters. The standard InChI is InChI=1S/C11H19NO3/c13-11(8-10-6-3-7-14-10)12-15-9-4-1-2-5-9/h9-10H,1-8H2,(H,12,13). The van der Waals surface area contributed by atoms with Crippen LogP contribution in [0.2, 0.25) is 0 Å². The van der Waals surface area contributed by atoms with Gasteiger partial charge in [0.15, 0.2) is 0 Å². The Morgan fingerprint density at radius 3 is 2.73 bits per heavy atom. The van der Waals surface area contributed by atoms with E-state index in [-0.39, 0.29) is 18.1 Å². The SMILES string of the molecule is O=C(CC1CCCO1)NOC1CCCC1. The predicted octanol–water partition coefficient (Wildman–Crippen LogP) is 1.55. The van der Waals surface area contributed by atoms with Gasteiger partial charge in [-0.25, -0.2) is 5.48 Å². The summed E-state index contributed by atoms with van der Waals surface area (Å²) < 4.78 is 5.38. The Hall–Kier alpha value is -0.610. The van der Waals surface area contributed by atoms with Crippen LogP contribution in [0.4, 0.5) is 0 Å². The Morgan fingerprint density at radius 2 is 2.07 bits per heavy atom. The second kappa shape index (κ2) is 5.47. The first kappa shape index (κ1) is 10.9. The number of hydrogen-bond acceptors (Lipinski definition) is 3. The van der Waals surface area contributed by atoms with Gasteiger partial charge in [-0.2, -0.15) is 0 Å². The molecule has 1 amide bonds. The van der Waals surface area contributed by atoms with Crippen LogP contribution in [-0.2, 0) is 14.4 Å². The van der Waals surface area contributed by atoms with Crippen molar-refractivity contribution in [2.45, 2.75) is 57.2 Å². The molecule has 0 aromatic carbocycles. The molecule has 4 heteroatoms. The van der Waals surface area contributed by atoms with Crippen LogP contribution in [0.25, 0.3) is 0 Å². The fraction of sp³-hybridized carbons (Fsp3) is 0.909. The van der Waals surface area contributed by atoms with Crippen molar-refractivity contribution in [2.24, 2.45) is 0 Å². The van der Waals surface area contributed by atoms with Gasteiger partial charge in [-0.05, 0) is 25.7 Å². The monoisotopic (exact) mass is 213 g/mol. The number of ether oxygens (including phenoxy) is 1. The number of hydroxylamine groups is 1. The second-order valence-electron chi connectivity index (χ2n) is 4.39. The zero-order valence-electron chi connectivity index (χ0n) is 9.04. The molecule has 0 radical (unpaired) electrons. The number of amides is 1. The normalized spacial score (nSPS) is 27.1. The molecule has 1 N–H and O–H groups in total. The molecule has 2 fully saturated rings. The molecular weight excluding hydrogens is 194 g/mol. The third kappa shape index (κ3) is 3.47. The minimum atomic E-state index is -0.0474. The fourth-order valence-corrected chi connectivity index (χ4v) is 2.21. The van der Waals surface area contributed by atoms with Crippen molar-refractivity contribution < 1.29 is 14.4 Å². The Morgan fingerprint density at radius 1 is 1.27 bits per heavy atom. The van der Waals surface area contributed by atoms with E-state index >= 15 is 0 Å². The molecule has 1 heterocycles.